The molecule has 0 atom stereocenters. The molecule has 2 N–H and O–H groups in total. The van der Waals surface area contributed by atoms with E-state index in [9.17, 15) is 4.79 Å². The van der Waals surface area contributed by atoms with E-state index in [2.05, 4.69) is 44.8 Å². The number of guanidine groups is 1. The zero-order valence-electron chi connectivity index (χ0n) is 18.9. The van der Waals surface area contributed by atoms with Crippen LogP contribution in [0.3, 0.4) is 0 Å². The summed E-state index contributed by atoms with van der Waals surface area (Å²) >= 11 is 0. The molecule has 174 valence electrons. The predicted molar refractivity (Wildman–Crippen MR) is 136 cm³/mol. The molecule has 2 fully saturated rings. The van der Waals surface area contributed by atoms with Crippen molar-refractivity contribution >= 4 is 36.0 Å². The Morgan fingerprint density at radius 1 is 1.06 bits per heavy atom. The first-order valence-corrected chi connectivity index (χ1v) is 11.4. The van der Waals surface area contributed by atoms with Crippen molar-refractivity contribution in [2.45, 2.75) is 58.2 Å². The van der Waals surface area contributed by atoms with Crippen molar-refractivity contribution < 1.29 is 9.53 Å². The van der Waals surface area contributed by atoms with Crippen LogP contribution in [0.5, 0.6) is 0 Å². The molecule has 2 aliphatic heterocycles. The smallest absolute Gasteiger partial charge is 0.409 e. The van der Waals surface area contributed by atoms with Crippen LogP contribution in [-0.2, 0) is 17.8 Å². The second kappa shape index (κ2) is 13.8. The van der Waals surface area contributed by atoms with Crippen LogP contribution < -0.4 is 10.6 Å². The number of ether oxygens (including phenoxy) is 1. The van der Waals surface area contributed by atoms with Gasteiger partial charge in [0, 0.05) is 39.3 Å². The number of rotatable bonds is 6. The molecule has 2 saturated heterocycles. The highest BCUT2D eigenvalue weighted by Crippen LogP contribution is 2.14. The van der Waals surface area contributed by atoms with Crippen molar-refractivity contribution in [2.75, 3.05) is 39.8 Å². The zero-order valence-corrected chi connectivity index (χ0v) is 21.3. The van der Waals surface area contributed by atoms with E-state index >= 15 is 0 Å². The van der Waals surface area contributed by atoms with Crippen LogP contribution in [0, 0.1) is 0 Å². The summed E-state index contributed by atoms with van der Waals surface area (Å²) in [5, 5.41) is 6.90. The van der Waals surface area contributed by atoms with Gasteiger partial charge in [-0.2, -0.15) is 0 Å². The number of nitrogens with one attached hydrogen (secondary N) is 2. The Labute approximate surface area is 204 Å². The molecule has 0 radical (unpaired) electrons. The van der Waals surface area contributed by atoms with E-state index in [1.807, 2.05) is 6.92 Å². The van der Waals surface area contributed by atoms with E-state index in [1.165, 1.54) is 43.5 Å². The highest BCUT2D eigenvalue weighted by Gasteiger charge is 2.24. The molecule has 8 heteroatoms. The quantitative estimate of drug-likeness (QED) is 0.326. The monoisotopic (exact) mass is 543 g/mol. The summed E-state index contributed by atoms with van der Waals surface area (Å²) in [6.07, 6.45) is 5.62. The summed E-state index contributed by atoms with van der Waals surface area (Å²) in [5.41, 5.74) is 2.63. The van der Waals surface area contributed by atoms with Gasteiger partial charge >= 0.3 is 6.09 Å². The number of benzene rings is 1. The van der Waals surface area contributed by atoms with E-state index in [1.54, 1.807) is 11.9 Å². The van der Waals surface area contributed by atoms with E-state index in [4.69, 9.17) is 4.74 Å². The Hall–Kier alpha value is -1.55. The molecule has 1 aromatic rings. The first kappa shape index (κ1) is 25.7. The normalized spacial score (nSPS) is 18.3. The highest BCUT2D eigenvalue weighted by atomic mass is 127. The minimum Gasteiger partial charge on any atom is -0.450 e. The summed E-state index contributed by atoms with van der Waals surface area (Å²) in [7, 11) is 1.80. The van der Waals surface area contributed by atoms with Gasteiger partial charge in [0.05, 0.1) is 6.61 Å². The summed E-state index contributed by atoms with van der Waals surface area (Å²) in [6.45, 7) is 7.94. The van der Waals surface area contributed by atoms with Gasteiger partial charge in [-0.15, -0.1) is 24.0 Å². The molecule has 7 nitrogen and oxygen atoms in total. The topological polar surface area (TPSA) is 69.2 Å². The summed E-state index contributed by atoms with van der Waals surface area (Å²) in [6, 6.07) is 9.21. The van der Waals surface area contributed by atoms with Gasteiger partial charge in [-0.05, 0) is 56.8 Å². The zero-order chi connectivity index (χ0) is 21.2. The van der Waals surface area contributed by atoms with Crippen molar-refractivity contribution in [3.8, 4) is 0 Å². The number of hydrogen-bond donors (Lipinski definition) is 2. The third-order valence-electron chi connectivity index (χ3n) is 5.92. The molecule has 0 aromatic heterocycles. The highest BCUT2D eigenvalue weighted by molar-refractivity contribution is 14.0. The minimum atomic E-state index is -0.206. The molecule has 2 heterocycles. The average Bonchev–Trinajstić information content (AvgIpc) is 2.79. The Balaban J connectivity index is 0.00000341. The molecular formula is C23H38IN5O2. The molecular weight excluding hydrogens is 505 g/mol. The fourth-order valence-corrected chi connectivity index (χ4v) is 4.13. The van der Waals surface area contributed by atoms with Crippen molar-refractivity contribution in [1.82, 2.24) is 20.4 Å². The van der Waals surface area contributed by atoms with Crippen LogP contribution in [-0.4, -0.2) is 67.7 Å². The van der Waals surface area contributed by atoms with Gasteiger partial charge in [-0.25, -0.2) is 4.79 Å². The standard InChI is InChI=1S/C23H37N5O2.HI/c1-3-30-23(29)28-15-11-21(12-16-28)26-22(24-2)25-17-19-7-9-20(10-8-19)18-27-13-5-4-6-14-27;/h7-10,21H,3-6,11-18H2,1-2H3,(H2,24,25,26);1H. The fourth-order valence-electron chi connectivity index (χ4n) is 4.13. The maximum absolute atomic E-state index is 11.8. The summed E-state index contributed by atoms with van der Waals surface area (Å²) < 4.78 is 5.09. The van der Waals surface area contributed by atoms with E-state index < -0.39 is 0 Å². The van der Waals surface area contributed by atoms with Crippen LogP contribution in [0.2, 0.25) is 0 Å². The van der Waals surface area contributed by atoms with Gasteiger partial charge in [-0.1, -0.05) is 30.7 Å². The average molecular weight is 543 g/mol. The van der Waals surface area contributed by atoms with E-state index in [0.717, 1.165) is 31.9 Å². The van der Waals surface area contributed by atoms with Crippen molar-refractivity contribution in [1.29, 1.82) is 0 Å². The van der Waals surface area contributed by atoms with Crippen molar-refractivity contribution in [3.05, 3.63) is 35.4 Å². The third-order valence-corrected chi connectivity index (χ3v) is 5.92. The lowest BCUT2D eigenvalue weighted by atomic mass is 10.1. The maximum Gasteiger partial charge on any atom is 0.409 e. The molecule has 1 aromatic carbocycles. The molecule has 31 heavy (non-hydrogen) atoms. The van der Waals surface area contributed by atoms with Gasteiger partial charge in [-0.3, -0.25) is 9.89 Å². The molecule has 0 spiro atoms. The van der Waals surface area contributed by atoms with Crippen LogP contribution in [0.1, 0.15) is 50.2 Å². The first-order chi connectivity index (χ1) is 14.7. The van der Waals surface area contributed by atoms with E-state index in [0.29, 0.717) is 25.7 Å². The van der Waals surface area contributed by atoms with Crippen molar-refractivity contribution in [2.24, 2.45) is 4.99 Å². The van der Waals surface area contributed by atoms with Crippen LogP contribution in [0.15, 0.2) is 29.3 Å². The summed E-state index contributed by atoms with van der Waals surface area (Å²) in [5.74, 6) is 0.807. The third kappa shape index (κ3) is 8.48. The number of aliphatic imine (C=N–C) groups is 1. The minimum absolute atomic E-state index is 0. The van der Waals surface area contributed by atoms with Gasteiger partial charge in [0.25, 0.3) is 0 Å². The lowest BCUT2D eigenvalue weighted by Gasteiger charge is -2.32. The van der Waals surface area contributed by atoms with Gasteiger partial charge in [0.1, 0.15) is 0 Å². The molecule has 0 aliphatic carbocycles. The molecule has 0 bridgehead atoms. The van der Waals surface area contributed by atoms with Gasteiger partial charge < -0.3 is 20.3 Å². The Morgan fingerprint density at radius 2 is 1.71 bits per heavy atom. The number of likely N-dealkylation sites (tertiary alicyclic amines) is 2. The second-order valence-corrected chi connectivity index (χ2v) is 8.18. The second-order valence-electron chi connectivity index (χ2n) is 8.18. The van der Waals surface area contributed by atoms with Gasteiger partial charge in [0.2, 0.25) is 0 Å². The molecule has 1 amide bonds. The number of piperidine rings is 2. The SMILES string of the molecule is CCOC(=O)N1CCC(NC(=NC)NCc2ccc(CN3CCCCC3)cc2)CC1.I. The fraction of sp³-hybridized carbons (Fsp3) is 0.652. The van der Waals surface area contributed by atoms with Crippen LogP contribution >= 0.6 is 24.0 Å². The summed E-state index contributed by atoms with van der Waals surface area (Å²) in [4.78, 5) is 20.5. The molecule has 2 aliphatic rings. The van der Waals surface area contributed by atoms with Gasteiger partial charge in [0.15, 0.2) is 5.96 Å². The lowest BCUT2D eigenvalue weighted by Crippen LogP contribution is -2.49. The Bertz CT molecular complexity index is 684. The number of halogens is 1. The van der Waals surface area contributed by atoms with Crippen molar-refractivity contribution in [3.63, 3.8) is 0 Å². The number of amides is 1. The largest absolute Gasteiger partial charge is 0.450 e. The maximum atomic E-state index is 11.8. The predicted octanol–water partition coefficient (Wildman–Crippen LogP) is 3.58. The first-order valence-electron chi connectivity index (χ1n) is 11.4. The molecule has 0 unspecified atom stereocenters. The molecule has 3 rings (SSSR count). The molecule has 0 saturated carbocycles. The number of nitrogens with zero attached hydrogens (tertiary/aromatic N) is 3. The number of hydrogen-bond acceptors (Lipinski definition) is 4. The van der Waals surface area contributed by atoms with Crippen LogP contribution in [0.4, 0.5) is 4.79 Å². The van der Waals surface area contributed by atoms with Crippen LogP contribution in [0.25, 0.3) is 0 Å². The van der Waals surface area contributed by atoms with E-state index in [-0.39, 0.29) is 30.1 Å². The number of carbonyl (C=O) groups is 1. The Morgan fingerprint density at radius 3 is 2.32 bits per heavy atom. The number of carbonyl (C=O) groups excluding carboxylic acids is 1. The Kier molecular flexibility index (Phi) is 11.4. The lowest BCUT2D eigenvalue weighted by molar-refractivity contribution is 0.0963.